The first-order chi connectivity index (χ1) is 11.3. The number of aromatic nitrogens is 2. The quantitative estimate of drug-likeness (QED) is 0.636. The molecule has 0 bridgehead atoms. The van der Waals surface area contributed by atoms with Gasteiger partial charge in [-0.2, -0.15) is 0 Å². The number of ether oxygens (including phenoxy) is 1. The predicted molar refractivity (Wildman–Crippen MR) is 91.5 cm³/mol. The molecule has 1 aromatic carbocycles. The smallest absolute Gasteiger partial charge is 0.419 e. The van der Waals surface area contributed by atoms with Gasteiger partial charge in [0.15, 0.2) is 0 Å². The summed E-state index contributed by atoms with van der Waals surface area (Å²) >= 11 is 0. The van der Waals surface area contributed by atoms with Gasteiger partial charge < -0.3 is 4.74 Å². The molecular weight excluding hydrogens is 307 g/mol. The summed E-state index contributed by atoms with van der Waals surface area (Å²) in [6.45, 7) is 7.31. The number of fused-ring (bicyclic) bond motifs is 1. The highest BCUT2D eigenvalue weighted by Gasteiger charge is 2.22. The number of carbonyl (C=O) groups excluding carboxylic acids is 1. The van der Waals surface area contributed by atoms with E-state index in [9.17, 15) is 9.18 Å². The van der Waals surface area contributed by atoms with Gasteiger partial charge in [-0.15, -0.1) is 0 Å². The van der Waals surface area contributed by atoms with Crippen molar-refractivity contribution < 1.29 is 13.9 Å². The minimum Gasteiger partial charge on any atom is -0.443 e. The van der Waals surface area contributed by atoms with E-state index in [0.717, 1.165) is 11.1 Å². The highest BCUT2D eigenvalue weighted by atomic mass is 19.1. The standard InChI is InChI=1S/C19H19FN2O2/c1-12-10-15-16(22(12)18(23)24-19(2,3)4)8-9-21-17(15)13-6-5-7-14(20)11-13/h5-11H,1-4H3. The van der Waals surface area contributed by atoms with Crippen molar-refractivity contribution in [3.8, 4) is 11.3 Å². The van der Waals surface area contributed by atoms with Crippen molar-refractivity contribution in [3.63, 3.8) is 0 Å². The molecule has 0 saturated carbocycles. The Kier molecular flexibility index (Phi) is 3.87. The monoisotopic (exact) mass is 326 g/mol. The van der Waals surface area contributed by atoms with E-state index in [1.807, 2.05) is 33.8 Å². The molecule has 3 aromatic rings. The number of hydrogen-bond donors (Lipinski definition) is 0. The minimum absolute atomic E-state index is 0.324. The summed E-state index contributed by atoms with van der Waals surface area (Å²) < 4.78 is 20.5. The van der Waals surface area contributed by atoms with Crippen LogP contribution in [0.25, 0.3) is 22.2 Å². The first-order valence-corrected chi connectivity index (χ1v) is 7.72. The van der Waals surface area contributed by atoms with Crippen molar-refractivity contribution in [3.05, 3.63) is 54.1 Å². The second-order valence-electron chi connectivity index (χ2n) is 6.70. The number of nitrogens with zero attached hydrogens (tertiary/aromatic N) is 2. The SMILES string of the molecule is Cc1cc2c(-c3cccc(F)c3)nccc2n1C(=O)OC(C)(C)C. The first-order valence-electron chi connectivity index (χ1n) is 7.72. The zero-order valence-corrected chi connectivity index (χ0v) is 14.1. The lowest BCUT2D eigenvalue weighted by Crippen LogP contribution is -2.27. The maximum atomic E-state index is 13.5. The molecule has 5 heteroatoms. The van der Waals surface area contributed by atoms with Gasteiger partial charge in [0.25, 0.3) is 0 Å². The number of aryl methyl sites for hydroxylation is 1. The Morgan fingerprint density at radius 2 is 1.96 bits per heavy atom. The normalized spacial score (nSPS) is 11.7. The number of halogens is 1. The van der Waals surface area contributed by atoms with Crippen LogP contribution in [0.1, 0.15) is 26.5 Å². The Hall–Kier alpha value is -2.69. The molecule has 4 nitrogen and oxygen atoms in total. The molecule has 0 amide bonds. The third-order valence-corrected chi connectivity index (χ3v) is 3.59. The van der Waals surface area contributed by atoms with Crippen molar-refractivity contribution >= 4 is 17.0 Å². The van der Waals surface area contributed by atoms with Crippen LogP contribution in [0.5, 0.6) is 0 Å². The highest BCUT2D eigenvalue weighted by molar-refractivity contribution is 5.98. The van der Waals surface area contributed by atoms with Crippen LogP contribution in [0.2, 0.25) is 0 Å². The lowest BCUT2D eigenvalue weighted by molar-refractivity contribution is 0.0541. The van der Waals surface area contributed by atoms with Gasteiger partial charge in [0.1, 0.15) is 11.4 Å². The largest absolute Gasteiger partial charge is 0.443 e. The fourth-order valence-electron chi connectivity index (χ4n) is 2.68. The van der Waals surface area contributed by atoms with Gasteiger partial charge in [0, 0.05) is 22.8 Å². The summed E-state index contributed by atoms with van der Waals surface area (Å²) in [7, 11) is 0. The average Bonchev–Trinajstić information content (AvgIpc) is 2.81. The van der Waals surface area contributed by atoms with E-state index in [0.29, 0.717) is 16.8 Å². The molecule has 2 aromatic heterocycles. The van der Waals surface area contributed by atoms with Crippen LogP contribution in [0, 0.1) is 12.7 Å². The molecule has 0 aliphatic rings. The zero-order chi connectivity index (χ0) is 17.5. The molecule has 3 rings (SSSR count). The Labute approximate surface area is 139 Å². The third-order valence-electron chi connectivity index (χ3n) is 3.59. The van der Waals surface area contributed by atoms with Gasteiger partial charge in [-0.05, 0) is 52.0 Å². The van der Waals surface area contributed by atoms with Crippen LogP contribution in [0.4, 0.5) is 9.18 Å². The van der Waals surface area contributed by atoms with E-state index >= 15 is 0 Å². The van der Waals surface area contributed by atoms with Crippen molar-refractivity contribution in [1.82, 2.24) is 9.55 Å². The molecule has 2 heterocycles. The summed E-state index contributed by atoms with van der Waals surface area (Å²) in [5, 5.41) is 0.784. The summed E-state index contributed by atoms with van der Waals surface area (Å²) in [5.41, 5.74) is 2.15. The third kappa shape index (κ3) is 3.02. The lowest BCUT2D eigenvalue weighted by Gasteiger charge is -2.20. The maximum absolute atomic E-state index is 13.5. The van der Waals surface area contributed by atoms with Crippen LogP contribution < -0.4 is 0 Å². The predicted octanol–water partition coefficient (Wildman–Crippen LogP) is 4.93. The second-order valence-corrected chi connectivity index (χ2v) is 6.70. The van der Waals surface area contributed by atoms with E-state index in [1.54, 1.807) is 24.4 Å². The van der Waals surface area contributed by atoms with Crippen LogP contribution in [-0.4, -0.2) is 21.2 Å². The average molecular weight is 326 g/mol. The van der Waals surface area contributed by atoms with Crippen LogP contribution in [-0.2, 0) is 4.74 Å². The fraction of sp³-hybridized carbons (Fsp3) is 0.263. The second kappa shape index (κ2) is 5.74. The molecule has 124 valence electrons. The molecule has 0 fully saturated rings. The molecule has 0 aliphatic heterocycles. The minimum atomic E-state index is -0.585. The molecule has 0 radical (unpaired) electrons. The topological polar surface area (TPSA) is 44.1 Å². The lowest BCUT2D eigenvalue weighted by atomic mass is 10.1. The summed E-state index contributed by atoms with van der Waals surface area (Å²) in [6, 6.07) is 9.89. The molecular formula is C19H19FN2O2. The number of benzene rings is 1. The van der Waals surface area contributed by atoms with Crippen molar-refractivity contribution in [2.45, 2.75) is 33.3 Å². The van der Waals surface area contributed by atoms with Gasteiger partial charge in [-0.3, -0.25) is 4.98 Å². The molecule has 0 atom stereocenters. The summed E-state index contributed by atoms with van der Waals surface area (Å²) in [4.78, 5) is 16.9. The van der Waals surface area contributed by atoms with Crippen LogP contribution >= 0.6 is 0 Å². The Morgan fingerprint density at radius 3 is 2.62 bits per heavy atom. The first kappa shape index (κ1) is 16.2. The zero-order valence-electron chi connectivity index (χ0n) is 14.1. The van der Waals surface area contributed by atoms with Gasteiger partial charge >= 0.3 is 6.09 Å². The van der Waals surface area contributed by atoms with Crippen molar-refractivity contribution in [1.29, 1.82) is 0 Å². The van der Waals surface area contributed by atoms with E-state index in [1.165, 1.54) is 16.7 Å². The van der Waals surface area contributed by atoms with E-state index < -0.39 is 11.7 Å². The summed E-state index contributed by atoms with van der Waals surface area (Å²) in [5.74, 6) is -0.324. The number of rotatable bonds is 1. The van der Waals surface area contributed by atoms with Gasteiger partial charge in [0.05, 0.1) is 11.2 Å². The molecule has 24 heavy (non-hydrogen) atoms. The number of carbonyl (C=O) groups is 1. The van der Waals surface area contributed by atoms with Crippen LogP contribution in [0.15, 0.2) is 42.6 Å². The van der Waals surface area contributed by atoms with E-state index in [4.69, 9.17) is 4.74 Å². The molecule has 0 N–H and O–H groups in total. The highest BCUT2D eigenvalue weighted by Crippen LogP contribution is 2.30. The van der Waals surface area contributed by atoms with Gasteiger partial charge in [-0.25, -0.2) is 13.8 Å². The number of pyridine rings is 1. The molecule has 0 saturated heterocycles. The molecule has 0 unspecified atom stereocenters. The Bertz CT molecular complexity index is 923. The summed E-state index contributed by atoms with van der Waals surface area (Å²) in [6.07, 6.45) is 1.18. The van der Waals surface area contributed by atoms with Crippen molar-refractivity contribution in [2.75, 3.05) is 0 Å². The Morgan fingerprint density at radius 1 is 1.21 bits per heavy atom. The molecule has 0 spiro atoms. The van der Waals surface area contributed by atoms with Gasteiger partial charge in [0.2, 0.25) is 0 Å². The van der Waals surface area contributed by atoms with Gasteiger partial charge in [-0.1, -0.05) is 12.1 Å². The Balaban J connectivity index is 2.17. The van der Waals surface area contributed by atoms with E-state index in [-0.39, 0.29) is 5.82 Å². The fourth-order valence-corrected chi connectivity index (χ4v) is 2.68. The van der Waals surface area contributed by atoms with Crippen molar-refractivity contribution in [2.24, 2.45) is 0 Å². The van der Waals surface area contributed by atoms with E-state index in [2.05, 4.69) is 4.98 Å². The number of hydrogen-bond acceptors (Lipinski definition) is 3. The van der Waals surface area contributed by atoms with Crippen LogP contribution in [0.3, 0.4) is 0 Å². The molecule has 0 aliphatic carbocycles. The maximum Gasteiger partial charge on any atom is 0.419 e.